The third kappa shape index (κ3) is 1.49. The first-order valence-electron chi connectivity index (χ1n) is 4.11. The molecule has 0 aliphatic carbocycles. The first-order chi connectivity index (χ1) is 6.77. The number of rotatable bonds is 2. The molecular formula is C8H10N6. The summed E-state index contributed by atoms with van der Waals surface area (Å²) in [4.78, 5) is 3.92. The first kappa shape index (κ1) is 8.49. The highest BCUT2D eigenvalue weighted by atomic mass is 15.4. The maximum absolute atomic E-state index is 5.60. The van der Waals surface area contributed by atoms with E-state index in [-0.39, 0.29) is 5.95 Å². The molecule has 0 aliphatic heterocycles. The van der Waals surface area contributed by atoms with E-state index in [1.54, 1.807) is 12.4 Å². The normalized spacial score (nSPS) is 10.3. The third-order valence-corrected chi connectivity index (χ3v) is 1.90. The Hall–Kier alpha value is -2.11. The maximum Gasteiger partial charge on any atom is 0.240 e. The van der Waals surface area contributed by atoms with Crippen molar-refractivity contribution in [2.45, 2.75) is 6.42 Å². The molecule has 0 bridgehead atoms. The van der Waals surface area contributed by atoms with Gasteiger partial charge >= 0.3 is 0 Å². The van der Waals surface area contributed by atoms with Gasteiger partial charge in [0.15, 0.2) is 5.82 Å². The molecule has 2 rings (SSSR count). The fourth-order valence-electron chi connectivity index (χ4n) is 1.14. The lowest BCUT2D eigenvalue weighted by Gasteiger charge is -2.00. The van der Waals surface area contributed by atoms with Crippen LogP contribution in [-0.2, 0) is 6.42 Å². The quantitative estimate of drug-likeness (QED) is 0.626. The Balaban J connectivity index is 2.23. The maximum atomic E-state index is 5.60. The number of pyridine rings is 1. The molecular weight excluding hydrogens is 180 g/mol. The first-order valence-corrected chi connectivity index (χ1v) is 4.11. The van der Waals surface area contributed by atoms with Gasteiger partial charge in [0.2, 0.25) is 5.95 Å². The summed E-state index contributed by atoms with van der Waals surface area (Å²) in [5, 5.41) is 7.52. The number of aromatic nitrogens is 4. The molecule has 0 unspecified atom stereocenters. The van der Waals surface area contributed by atoms with Gasteiger partial charge in [-0.3, -0.25) is 4.98 Å². The van der Waals surface area contributed by atoms with E-state index < -0.39 is 0 Å². The Morgan fingerprint density at radius 1 is 1.21 bits per heavy atom. The molecule has 4 N–H and O–H groups in total. The van der Waals surface area contributed by atoms with Crippen molar-refractivity contribution < 1.29 is 0 Å². The van der Waals surface area contributed by atoms with Gasteiger partial charge in [0.1, 0.15) is 0 Å². The van der Waals surface area contributed by atoms with E-state index in [1.165, 1.54) is 4.68 Å². The van der Waals surface area contributed by atoms with Crippen LogP contribution in [0.15, 0.2) is 24.5 Å². The van der Waals surface area contributed by atoms with Crippen LogP contribution >= 0.6 is 0 Å². The van der Waals surface area contributed by atoms with Gasteiger partial charge in [-0.05, 0) is 17.7 Å². The van der Waals surface area contributed by atoms with Gasteiger partial charge in [-0.25, -0.2) is 4.68 Å². The molecule has 0 atom stereocenters. The number of nitrogen functional groups attached to an aromatic ring is 2. The molecule has 0 radical (unpaired) electrons. The number of nitrogens with two attached hydrogens (primary N) is 2. The van der Waals surface area contributed by atoms with Crippen molar-refractivity contribution in [1.82, 2.24) is 19.9 Å². The van der Waals surface area contributed by atoms with Crippen LogP contribution < -0.4 is 11.6 Å². The predicted octanol–water partition coefficient (Wildman–Crippen LogP) is -0.440. The summed E-state index contributed by atoms with van der Waals surface area (Å²) < 4.78 is 1.28. The lowest BCUT2D eigenvalue weighted by molar-refractivity contribution is 0.877. The molecule has 0 saturated carbocycles. The van der Waals surface area contributed by atoms with Crippen LogP contribution in [-0.4, -0.2) is 19.9 Å². The summed E-state index contributed by atoms with van der Waals surface area (Å²) in [6, 6.07) is 3.79. The second-order valence-electron chi connectivity index (χ2n) is 2.88. The van der Waals surface area contributed by atoms with E-state index in [9.17, 15) is 0 Å². The number of anilines is 1. The van der Waals surface area contributed by atoms with Gasteiger partial charge in [-0.15, -0.1) is 10.2 Å². The summed E-state index contributed by atoms with van der Waals surface area (Å²) in [7, 11) is 0. The third-order valence-electron chi connectivity index (χ3n) is 1.90. The van der Waals surface area contributed by atoms with Gasteiger partial charge in [0.25, 0.3) is 0 Å². The van der Waals surface area contributed by atoms with Crippen LogP contribution in [0.3, 0.4) is 0 Å². The Bertz CT molecular complexity index is 421. The molecule has 0 aromatic carbocycles. The molecule has 14 heavy (non-hydrogen) atoms. The van der Waals surface area contributed by atoms with Crippen molar-refractivity contribution in [1.29, 1.82) is 0 Å². The second kappa shape index (κ2) is 3.33. The zero-order valence-electron chi connectivity index (χ0n) is 7.46. The minimum absolute atomic E-state index is 0.217. The summed E-state index contributed by atoms with van der Waals surface area (Å²) in [6.07, 6.45) is 4.04. The molecule has 0 aliphatic rings. The van der Waals surface area contributed by atoms with Crippen LogP contribution in [0.4, 0.5) is 5.95 Å². The number of hydrogen-bond acceptors (Lipinski definition) is 5. The van der Waals surface area contributed by atoms with Crippen molar-refractivity contribution >= 4 is 5.95 Å². The van der Waals surface area contributed by atoms with E-state index >= 15 is 0 Å². The molecule has 72 valence electrons. The number of nitrogens with zero attached hydrogens (tertiary/aromatic N) is 4. The summed E-state index contributed by atoms with van der Waals surface area (Å²) in [6.45, 7) is 0. The average Bonchev–Trinajstić information content (AvgIpc) is 2.52. The van der Waals surface area contributed by atoms with E-state index in [0.717, 1.165) is 5.56 Å². The molecule has 6 heteroatoms. The Morgan fingerprint density at radius 2 is 1.93 bits per heavy atom. The van der Waals surface area contributed by atoms with E-state index in [4.69, 9.17) is 11.6 Å². The van der Waals surface area contributed by atoms with Crippen LogP contribution in [0.25, 0.3) is 0 Å². The topological polar surface area (TPSA) is 95.6 Å². The molecule has 2 aromatic rings. The van der Waals surface area contributed by atoms with Gasteiger partial charge in [-0.2, -0.15) is 0 Å². The Kier molecular flexibility index (Phi) is 2.02. The molecule has 0 amide bonds. The number of hydrogen-bond donors (Lipinski definition) is 2. The lowest BCUT2D eigenvalue weighted by Crippen LogP contribution is -2.15. The highest BCUT2D eigenvalue weighted by molar-refractivity contribution is 5.22. The highest BCUT2D eigenvalue weighted by Gasteiger charge is 2.06. The van der Waals surface area contributed by atoms with Crippen molar-refractivity contribution in [3.05, 3.63) is 35.9 Å². The monoisotopic (exact) mass is 190 g/mol. The highest BCUT2D eigenvalue weighted by Crippen LogP contribution is 2.06. The summed E-state index contributed by atoms with van der Waals surface area (Å²) in [5.41, 5.74) is 6.51. The van der Waals surface area contributed by atoms with Gasteiger partial charge in [0.05, 0.1) is 0 Å². The summed E-state index contributed by atoms with van der Waals surface area (Å²) >= 11 is 0. The second-order valence-corrected chi connectivity index (χ2v) is 2.88. The molecule has 2 aromatic heterocycles. The zero-order valence-corrected chi connectivity index (χ0v) is 7.46. The van der Waals surface area contributed by atoms with Crippen molar-refractivity contribution in [3.8, 4) is 0 Å². The van der Waals surface area contributed by atoms with Crippen molar-refractivity contribution in [2.24, 2.45) is 0 Å². The van der Waals surface area contributed by atoms with E-state index in [1.807, 2.05) is 12.1 Å². The smallest absolute Gasteiger partial charge is 0.240 e. The van der Waals surface area contributed by atoms with Crippen molar-refractivity contribution in [3.63, 3.8) is 0 Å². The van der Waals surface area contributed by atoms with Gasteiger partial charge in [0, 0.05) is 18.8 Å². The zero-order chi connectivity index (χ0) is 9.97. The minimum Gasteiger partial charge on any atom is -0.366 e. The summed E-state index contributed by atoms with van der Waals surface area (Å²) in [5.74, 6) is 6.45. The largest absolute Gasteiger partial charge is 0.366 e. The van der Waals surface area contributed by atoms with Gasteiger partial charge in [-0.1, -0.05) is 0 Å². The minimum atomic E-state index is 0.217. The molecule has 0 saturated heterocycles. The molecule has 6 nitrogen and oxygen atoms in total. The van der Waals surface area contributed by atoms with Crippen LogP contribution in [0.1, 0.15) is 11.4 Å². The molecule has 2 heterocycles. The Labute approximate surface area is 80.5 Å². The average molecular weight is 190 g/mol. The SMILES string of the molecule is Nc1nnc(Cc2ccncc2)n1N. The predicted molar refractivity (Wildman–Crippen MR) is 51.6 cm³/mol. The van der Waals surface area contributed by atoms with Crippen LogP contribution in [0.5, 0.6) is 0 Å². The fourth-order valence-corrected chi connectivity index (χ4v) is 1.14. The molecule has 0 spiro atoms. The van der Waals surface area contributed by atoms with E-state index in [0.29, 0.717) is 12.2 Å². The van der Waals surface area contributed by atoms with Gasteiger partial charge < -0.3 is 11.6 Å². The lowest BCUT2D eigenvalue weighted by atomic mass is 10.2. The van der Waals surface area contributed by atoms with Crippen LogP contribution in [0.2, 0.25) is 0 Å². The fraction of sp³-hybridized carbons (Fsp3) is 0.125. The van der Waals surface area contributed by atoms with Crippen LogP contribution in [0, 0.1) is 0 Å². The van der Waals surface area contributed by atoms with E-state index in [2.05, 4.69) is 15.2 Å². The van der Waals surface area contributed by atoms with Crippen molar-refractivity contribution in [2.75, 3.05) is 11.6 Å². The Morgan fingerprint density at radius 3 is 2.50 bits per heavy atom. The molecule has 0 fully saturated rings. The standard InChI is InChI=1S/C8H10N6/c9-8-13-12-7(14(8)10)5-6-1-3-11-4-2-6/h1-4H,5,10H2,(H2,9,13).